The first kappa shape index (κ1) is 15.5. The third-order valence-electron chi connectivity index (χ3n) is 2.94. The van der Waals surface area contributed by atoms with Gasteiger partial charge in [0.25, 0.3) is 0 Å². The molecular weight excluding hydrogens is 314 g/mol. The predicted molar refractivity (Wildman–Crippen MR) is 75.8 cm³/mol. The SMILES string of the molecule is COc1c(C)c(C)c(Br)c(C)c1NC(=O)CC(=O)O. The molecule has 0 bridgehead atoms. The van der Waals surface area contributed by atoms with Crippen LogP contribution in [-0.4, -0.2) is 24.1 Å². The van der Waals surface area contributed by atoms with Crippen molar-refractivity contribution in [2.24, 2.45) is 0 Å². The van der Waals surface area contributed by atoms with E-state index in [0.717, 1.165) is 21.2 Å². The fourth-order valence-corrected chi connectivity index (χ4v) is 2.31. The number of nitrogens with one attached hydrogen (secondary N) is 1. The molecule has 5 nitrogen and oxygen atoms in total. The first-order chi connectivity index (χ1) is 8.79. The number of aliphatic carboxylic acids is 1. The third kappa shape index (κ3) is 3.26. The smallest absolute Gasteiger partial charge is 0.312 e. The minimum absolute atomic E-state index is 0.503. The van der Waals surface area contributed by atoms with E-state index in [1.807, 2.05) is 20.8 Å². The Bertz CT molecular complexity index is 540. The first-order valence-electron chi connectivity index (χ1n) is 5.64. The molecule has 0 fully saturated rings. The van der Waals surface area contributed by atoms with Gasteiger partial charge in [-0.15, -0.1) is 0 Å². The summed E-state index contributed by atoms with van der Waals surface area (Å²) < 4.78 is 6.19. The van der Waals surface area contributed by atoms with Gasteiger partial charge in [0.15, 0.2) is 0 Å². The summed E-state index contributed by atoms with van der Waals surface area (Å²) in [5.74, 6) is -1.20. The van der Waals surface area contributed by atoms with Gasteiger partial charge in [-0.2, -0.15) is 0 Å². The van der Waals surface area contributed by atoms with Gasteiger partial charge in [-0.1, -0.05) is 15.9 Å². The summed E-state index contributed by atoms with van der Waals surface area (Å²) in [4.78, 5) is 22.1. The molecule has 0 aromatic heterocycles. The second-order valence-electron chi connectivity index (χ2n) is 4.22. The largest absolute Gasteiger partial charge is 0.494 e. The fourth-order valence-electron chi connectivity index (χ4n) is 1.81. The molecule has 1 rings (SSSR count). The second-order valence-corrected chi connectivity index (χ2v) is 5.01. The van der Waals surface area contributed by atoms with Crippen molar-refractivity contribution in [3.05, 3.63) is 21.2 Å². The maximum absolute atomic E-state index is 11.6. The Kier molecular flexibility index (Phi) is 4.94. The number of amides is 1. The number of ether oxygens (including phenoxy) is 1. The van der Waals surface area contributed by atoms with Gasteiger partial charge >= 0.3 is 5.97 Å². The number of rotatable bonds is 4. The summed E-state index contributed by atoms with van der Waals surface area (Å²) in [5.41, 5.74) is 3.22. The van der Waals surface area contributed by atoms with Crippen LogP contribution in [0.4, 0.5) is 5.69 Å². The molecule has 6 heteroatoms. The molecule has 1 amide bonds. The van der Waals surface area contributed by atoms with Crippen molar-refractivity contribution in [1.82, 2.24) is 0 Å². The highest BCUT2D eigenvalue weighted by Crippen LogP contribution is 2.39. The molecule has 0 aliphatic heterocycles. The monoisotopic (exact) mass is 329 g/mol. The maximum Gasteiger partial charge on any atom is 0.312 e. The number of anilines is 1. The molecular formula is C13H16BrNO4. The number of carboxylic acids is 1. The predicted octanol–water partition coefficient (Wildman–Crippen LogP) is 2.80. The van der Waals surface area contributed by atoms with Crippen LogP contribution in [0.3, 0.4) is 0 Å². The van der Waals surface area contributed by atoms with Crippen molar-refractivity contribution < 1.29 is 19.4 Å². The van der Waals surface area contributed by atoms with Crippen LogP contribution < -0.4 is 10.1 Å². The lowest BCUT2D eigenvalue weighted by Crippen LogP contribution is -2.17. The van der Waals surface area contributed by atoms with Crippen molar-refractivity contribution in [2.45, 2.75) is 27.2 Å². The lowest BCUT2D eigenvalue weighted by Gasteiger charge is -2.19. The van der Waals surface area contributed by atoms with Gasteiger partial charge in [0, 0.05) is 4.47 Å². The highest BCUT2D eigenvalue weighted by atomic mass is 79.9. The van der Waals surface area contributed by atoms with Crippen LogP contribution in [0.1, 0.15) is 23.1 Å². The van der Waals surface area contributed by atoms with Gasteiger partial charge in [-0.25, -0.2) is 0 Å². The number of halogens is 1. The summed E-state index contributed by atoms with van der Waals surface area (Å²) >= 11 is 3.46. The number of carbonyl (C=O) groups excluding carboxylic acids is 1. The number of carboxylic acid groups (broad SMARTS) is 1. The molecule has 0 saturated carbocycles. The van der Waals surface area contributed by atoms with Crippen molar-refractivity contribution >= 4 is 33.5 Å². The van der Waals surface area contributed by atoms with Gasteiger partial charge < -0.3 is 15.2 Å². The zero-order chi connectivity index (χ0) is 14.7. The highest BCUT2D eigenvalue weighted by Gasteiger charge is 2.19. The molecule has 0 atom stereocenters. The molecule has 0 radical (unpaired) electrons. The Balaban J connectivity index is 3.26. The Labute approximate surface area is 120 Å². The highest BCUT2D eigenvalue weighted by molar-refractivity contribution is 9.10. The van der Waals surface area contributed by atoms with Gasteiger partial charge in [0.05, 0.1) is 12.8 Å². The molecule has 0 spiro atoms. The summed E-state index contributed by atoms with van der Waals surface area (Å²) in [6, 6.07) is 0. The second kappa shape index (κ2) is 6.06. The Morgan fingerprint density at radius 1 is 1.21 bits per heavy atom. The van der Waals surface area contributed by atoms with Gasteiger partial charge in [-0.3, -0.25) is 9.59 Å². The van der Waals surface area contributed by atoms with Crippen molar-refractivity contribution in [1.29, 1.82) is 0 Å². The molecule has 19 heavy (non-hydrogen) atoms. The molecule has 0 aliphatic rings. The minimum Gasteiger partial charge on any atom is -0.494 e. The van der Waals surface area contributed by atoms with E-state index in [0.29, 0.717) is 11.4 Å². The van der Waals surface area contributed by atoms with E-state index in [4.69, 9.17) is 9.84 Å². The van der Waals surface area contributed by atoms with E-state index in [-0.39, 0.29) is 0 Å². The lowest BCUT2D eigenvalue weighted by molar-refractivity contribution is -0.139. The fraction of sp³-hybridized carbons (Fsp3) is 0.385. The first-order valence-corrected chi connectivity index (χ1v) is 6.43. The zero-order valence-electron chi connectivity index (χ0n) is 11.3. The van der Waals surface area contributed by atoms with Crippen LogP contribution in [-0.2, 0) is 9.59 Å². The van der Waals surface area contributed by atoms with Crippen molar-refractivity contribution in [3.63, 3.8) is 0 Å². The molecule has 1 aromatic carbocycles. The summed E-state index contributed by atoms with van der Waals surface area (Å²) in [7, 11) is 1.52. The van der Waals surface area contributed by atoms with Crippen molar-refractivity contribution in [2.75, 3.05) is 12.4 Å². The average molecular weight is 330 g/mol. The molecule has 0 unspecified atom stereocenters. The summed E-state index contributed by atoms with van der Waals surface area (Å²) in [5, 5.41) is 11.2. The number of methoxy groups -OCH3 is 1. The average Bonchev–Trinajstić information content (AvgIpc) is 2.33. The van der Waals surface area contributed by atoms with E-state index in [9.17, 15) is 9.59 Å². The molecule has 0 heterocycles. The summed E-state index contributed by atoms with van der Waals surface area (Å²) in [6.07, 6.45) is -0.576. The molecule has 0 saturated heterocycles. The number of hydrogen-bond acceptors (Lipinski definition) is 3. The van der Waals surface area contributed by atoms with Gasteiger partial charge in [-0.05, 0) is 37.5 Å². The Morgan fingerprint density at radius 3 is 2.26 bits per heavy atom. The molecule has 0 aliphatic carbocycles. The van der Waals surface area contributed by atoms with Crippen molar-refractivity contribution in [3.8, 4) is 5.75 Å². The van der Waals surface area contributed by atoms with E-state index < -0.39 is 18.3 Å². The summed E-state index contributed by atoms with van der Waals surface area (Å²) in [6.45, 7) is 5.65. The lowest BCUT2D eigenvalue weighted by atomic mass is 10.0. The number of carbonyl (C=O) groups is 2. The quantitative estimate of drug-likeness (QED) is 0.833. The number of hydrogen-bond donors (Lipinski definition) is 2. The number of benzene rings is 1. The van der Waals surface area contributed by atoms with Crippen LogP contribution in [0.2, 0.25) is 0 Å². The van der Waals surface area contributed by atoms with Gasteiger partial charge in [0.2, 0.25) is 5.91 Å². The van der Waals surface area contributed by atoms with E-state index in [1.54, 1.807) is 0 Å². The van der Waals surface area contributed by atoms with E-state index >= 15 is 0 Å². The van der Waals surface area contributed by atoms with E-state index in [2.05, 4.69) is 21.2 Å². The Morgan fingerprint density at radius 2 is 1.79 bits per heavy atom. The third-order valence-corrected chi connectivity index (χ3v) is 4.13. The van der Waals surface area contributed by atoms with Crippen LogP contribution in [0.25, 0.3) is 0 Å². The molecule has 104 valence electrons. The zero-order valence-corrected chi connectivity index (χ0v) is 12.8. The topological polar surface area (TPSA) is 75.6 Å². The van der Waals surface area contributed by atoms with Crippen LogP contribution in [0, 0.1) is 20.8 Å². The van der Waals surface area contributed by atoms with Crippen LogP contribution in [0.15, 0.2) is 4.47 Å². The molecule has 1 aromatic rings. The Hall–Kier alpha value is -1.56. The van der Waals surface area contributed by atoms with E-state index in [1.165, 1.54) is 7.11 Å². The minimum atomic E-state index is -1.17. The van der Waals surface area contributed by atoms with Crippen LogP contribution in [0.5, 0.6) is 5.75 Å². The molecule has 2 N–H and O–H groups in total. The standard InChI is InChI=1S/C13H16BrNO4/c1-6-7(2)13(19-4)12(8(3)11(6)14)15-9(16)5-10(17)18/h5H2,1-4H3,(H,15,16)(H,17,18). The van der Waals surface area contributed by atoms with Crippen LogP contribution >= 0.6 is 15.9 Å². The normalized spacial score (nSPS) is 10.2. The maximum atomic E-state index is 11.6. The van der Waals surface area contributed by atoms with Gasteiger partial charge in [0.1, 0.15) is 12.2 Å².